The molecule has 0 fully saturated rings. The van der Waals surface area contributed by atoms with Crippen molar-refractivity contribution in [3.63, 3.8) is 0 Å². The molecule has 0 aliphatic heterocycles. The van der Waals surface area contributed by atoms with E-state index in [1.54, 1.807) is 0 Å². The van der Waals surface area contributed by atoms with Crippen molar-refractivity contribution in [1.29, 1.82) is 0 Å². The van der Waals surface area contributed by atoms with E-state index in [1.807, 2.05) is 0 Å². The maximum Gasteiger partial charge on any atom is -0.0351 e. The molecule has 0 bridgehead atoms. The smallest absolute Gasteiger partial charge is 0.0351 e. The van der Waals surface area contributed by atoms with Crippen LogP contribution in [0.15, 0.2) is 12.7 Å². The Bertz CT molecular complexity index is 105. The normalized spacial score (nSPS) is 12.8. The minimum Gasteiger partial charge on any atom is -0.103 e. The molecule has 0 aromatic heterocycles. The predicted molar refractivity (Wildman–Crippen MR) is 62.0 cm³/mol. The lowest BCUT2D eigenvalue weighted by Crippen LogP contribution is -1.98. The summed E-state index contributed by atoms with van der Waals surface area (Å²) in [5.74, 6) is 0.954. The first kappa shape index (κ1) is 12.7. The average molecular weight is 182 g/mol. The van der Waals surface area contributed by atoms with Crippen molar-refractivity contribution >= 4 is 0 Å². The Morgan fingerprint density at radius 3 is 2.38 bits per heavy atom. The summed E-state index contributed by atoms with van der Waals surface area (Å²) in [7, 11) is 0. The molecule has 0 heterocycles. The molecule has 78 valence electrons. The fourth-order valence-corrected chi connectivity index (χ4v) is 1.77. The molecule has 0 amide bonds. The second kappa shape index (κ2) is 9.83. The molecule has 0 aromatic carbocycles. The van der Waals surface area contributed by atoms with Crippen molar-refractivity contribution < 1.29 is 0 Å². The summed E-state index contributed by atoms with van der Waals surface area (Å²) >= 11 is 0. The third-order valence-corrected chi connectivity index (χ3v) is 2.82. The summed E-state index contributed by atoms with van der Waals surface area (Å²) in [6.07, 6.45) is 13.0. The summed E-state index contributed by atoms with van der Waals surface area (Å²) < 4.78 is 0. The van der Waals surface area contributed by atoms with Gasteiger partial charge in [0.1, 0.15) is 0 Å². The van der Waals surface area contributed by atoms with Crippen LogP contribution in [-0.4, -0.2) is 0 Å². The van der Waals surface area contributed by atoms with Gasteiger partial charge in [0.15, 0.2) is 0 Å². The van der Waals surface area contributed by atoms with Crippen LogP contribution in [0.1, 0.15) is 65.2 Å². The second-order valence-electron chi connectivity index (χ2n) is 3.99. The molecule has 0 nitrogen and oxygen atoms in total. The standard InChI is InChI=1S/C13H26/c1-4-7-9-10-12-13(6-3)11-8-5-2/h5,13H,2,4,6-12H2,1,3H3. The molecular weight excluding hydrogens is 156 g/mol. The van der Waals surface area contributed by atoms with E-state index in [0.717, 1.165) is 5.92 Å². The van der Waals surface area contributed by atoms with E-state index in [1.165, 1.54) is 51.4 Å². The predicted octanol–water partition coefficient (Wildman–Crippen LogP) is 4.95. The monoisotopic (exact) mass is 182 g/mol. The maximum absolute atomic E-state index is 3.78. The van der Waals surface area contributed by atoms with Crippen LogP contribution in [0.25, 0.3) is 0 Å². The Balaban J connectivity index is 3.30. The molecule has 0 aliphatic carbocycles. The van der Waals surface area contributed by atoms with Crippen LogP contribution >= 0.6 is 0 Å². The van der Waals surface area contributed by atoms with E-state index in [-0.39, 0.29) is 0 Å². The van der Waals surface area contributed by atoms with Crippen LogP contribution in [0, 0.1) is 5.92 Å². The average Bonchev–Trinajstić information content (AvgIpc) is 2.17. The van der Waals surface area contributed by atoms with Gasteiger partial charge in [0.25, 0.3) is 0 Å². The van der Waals surface area contributed by atoms with Crippen molar-refractivity contribution in [2.45, 2.75) is 65.2 Å². The van der Waals surface area contributed by atoms with Gasteiger partial charge in [-0.25, -0.2) is 0 Å². The summed E-state index contributed by atoms with van der Waals surface area (Å²) in [5, 5.41) is 0. The van der Waals surface area contributed by atoms with Gasteiger partial charge in [0.05, 0.1) is 0 Å². The molecule has 13 heavy (non-hydrogen) atoms. The fourth-order valence-electron chi connectivity index (χ4n) is 1.77. The van der Waals surface area contributed by atoms with E-state index in [0.29, 0.717) is 0 Å². The van der Waals surface area contributed by atoms with Crippen LogP contribution < -0.4 is 0 Å². The molecule has 0 aromatic rings. The first-order valence-corrected chi connectivity index (χ1v) is 5.96. The van der Waals surface area contributed by atoms with Crippen LogP contribution in [0.4, 0.5) is 0 Å². The zero-order chi connectivity index (χ0) is 9.94. The van der Waals surface area contributed by atoms with E-state index < -0.39 is 0 Å². The van der Waals surface area contributed by atoms with Gasteiger partial charge in [-0.05, 0) is 18.8 Å². The van der Waals surface area contributed by atoms with Crippen LogP contribution in [0.3, 0.4) is 0 Å². The number of unbranched alkanes of at least 4 members (excludes halogenated alkanes) is 3. The largest absolute Gasteiger partial charge is 0.103 e. The van der Waals surface area contributed by atoms with Gasteiger partial charge >= 0.3 is 0 Å². The van der Waals surface area contributed by atoms with Gasteiger partial charge in [-0.2, -0.15) is 0 Å². The number of hydrogen-bond acceptors (Lipinski definition) is 0. The van der Waals surface area contributed by atoms with E-state index in [2.05, 4.69) is 26.5 Å². The van der Waals surface area contributed by atoms with Crippen molar-refractivity contribution in [3.8, 4) is 0 Å². The van der Waals surface area contributed by atoms with Gasteiger partial charge in [0.2, 0.25) is 0 Å². The molecule has 1 unspecified atom stereocenters. The summed E-state index contributed by atoms with van der Waals surface area (Å²) in [6, 6.07) is 0. The lowest BCUT2D eigenvalue weighted by molar-refractivity contribution is 0.417. The molecule has 0 spiro atoms. The lowest BCUT2D eigenvalue weighted by atomic mass is 9.94. The Morgan fingerprint density at radius 1 is 1.08 bits per heavy atom. The molecule has 0 saturated carbocycles. The molecule has 1 atom stereocenters. The van der Waals surface area contributed by atoms with Crippen molar-refractivity contribution in [2.24, 2.45) is 5.92 Å². The van der Waals surface area contributed by atoms with Crippen LogP contribution in [0.5, 0.6) is 0 Å². The number of rotatable bonds is 9. The SMILES string of the molecule is C=CCCC(CC)CCCCCC. The highest BCUT2D eigenvalue weighted by atomic mass is 14.1. The highest BCUT2D eigenvalue weighted by Crippen LogP contribution is 2.19. The summed E-state index contributed by atoms with van der Waals surface area (Å²) in [6.45, 7) is 8.36. The van der Waals surface area contributed by atoms with Crippen molar-refractivity contribution in [1.82, 2.24) is 0 Å². The minimum absolute atomic E-state index is 0.954. The molecule has 0 rings (SSSR count). The van der Waals surface area contributed by atoms with Gasteiger partial charge in [0, 0.05) is 0 Å². The molecule has 0 N–H and O–H groups in total. The van der Waals surface area contributed by atoms with Crippen LogP contribution in [0.2, 0.25) is 0 Å². The number of hydrogen-bond donors (Lipinski definition) is 0. The Kier molecular flexibility index (Phi) is 9.63. The molecular formula is C13H26. The van der Waals surface area contributed by atoms with E-state index >= 15 is 0 Å². The van der Waals surface area contributed by atoms with Gasteiger partial charge in [-0.1, -0.05) is 58.4 Å². The van der Waals surface area contributed by atoms with Crippen LogP contribution in [-0.2, 0) is 0 Å². The third-order valence-electron chi connectivity index (χ3n) is 2.82. The van der Waals surface area contributed by atoms with Gasteiger partial charge in [-0.15, -0.1) is 6.58 Å². The van der Waals surface area contributed by atoms with Crippen molar-refractivity contribution in [2.75, 3.05) is 0 Å². The fraction of sp³-hybridized carbons (Fsp3) is 0.846. The second-order valence-corrected chi connectivity index (χ2v) is 3.99. The molecule has 0 radical (unpaired) electrons. The van der Waals surface area contributed by atoms with Gasteiger partial charge in [-0.3, -0.25) is 0 Å². The maximum atomic E-state index is 3.78. The summed E-state index contributed by atoms with van der Waals surface area (Å²) in [4.78, 5) is 0. The highest BCUT2D eigenvalue weighted by molar-refractivity contribution is 4.69. The highest BCUT2D eigenvalue weighted by Gasteiger charge is 2.03. The molecule has 0 heteroatoms. The molecule has 0 aliphatic rings. The Hall–Kier alpha value is -0.260. The Labute approximate surface area is 84.4 Å². The van der Waals surface area contributed by atoms with E-state index in [4.69, 9.17) is 0 Å². The quantitative estimate of drug-likeness (QED) is 0.349. The third kappa shape index (κ3) is 8.08. The van der Waals surface area contributed by atoms with Gasteiger partial charge < -0.3 is 0 Å². The lowest BCUT2D eigenvalue weighted by Gasteiger charge is -2.12. The zero-order valence-corrected chi connectivity index (χ0v) is 9.52. The Morgan fingerprint density at radius 2 is 1.85 bits per heavy atom. The van der Waals surface area contributed by atoms with Crippen molar-refractivity contribution in [3.05, 3.63) is 12.7 Å². The zero-order valence-electron chi connectivity index (χ0n) is 9.52. The topological polar surface area (TPSA) is 0 Å². The molecule has 0 saturated heterocycles. The first-order valence-electron chi connectivity index (χ1n) is 5.96. The summed E-state index contributed by atoms with van der Waals surface area (Å²) in [5.41, 5.74) is 0. The number of allylic oxidation sites excluding steroid dienone is 1. The first-order chi connectivity index (χ1) is 6.35. The van der Waals surface area contributed by atoms with E-state index in [9.17, 15) is 0 Å². The minimum atomic E-state index is 0.954.